The van der Waals surface area contributed by atoms with Gasteiger partial charge in [-0.15, -0.1) is 0 Å². The number of rotatable bonds is 4. The van der Waals surface area contributed by atoms with Crippen molar-refractivity contribution < 1.29 is 19.3 Å². The van der Waals surface area contributed by atoms with Gasteiger partial charge in [-0.2, -0.15) is 0 Å². The topological polar surface area (TPSA) is 101 Å². The van der Waals surface area contributed by atoms with E-state index in [1.807, 2.05) is 30.3 Å². The molecule has 8 nitrogen and oxygen atoms in total. The number of hydrogen-bond donors (Lipinski definition) is 0. The van der Waals surface area contributed by atoms with Crippen LogP contribution in [0.5, 0.6) is 0 Å². The van der Waals surface area contributed by atoms with Crippen molar-refractivity contribution in [3.63, 3.8) is 0 Å². The average molecular weight is 534 g/mol. The molecule has 2 saturated heterocycles. The van der Waals surface area contributed by atoms with E-state index < -0.39 is 46.4 Å². The molecule has 0 aliphatic carbocycles. The molecular weight excluding hydrogens is 517 g/mol. The highest BCUT2D eigenvalue weighted by Crippen LogP contribution is 2.54. The van der Waals surface area contributed by atoms with Gasteiger partial charge in [0.25, 0.3) is 5.69 Å². The molecule has 0 saturated carbocycles. The fourth-order valence-electron chi connectivity index (χ4n) is 5.71. The van der Waals surface area contributed by atoms with Gasteiger partial charge in [0.2, 0.25) is 11.8 Å². The zero-order valence-electron chi connectivity index (χ0n) is 19.0. The predicted octanol–water partition coefficient (Wildman–Crippen LogP) is 5.30. The second-order valence-corrected chi connectivity index (χ2v) is 9.95. The molecule has 3 aliphatic heterocycles. The van der Waals surface area contributed by atoms with Gasteiger partial charge in [0.15, 0.2) is 5.78 Å². The molecular formula is C27H17Cl2N3O5. The van der Waals surface area contributed by atoms with Crippen molar-refractivity contribution in [2.75, 3.05) is 4.90 Å². The molecule has 3 aromatic rings. The maximum absolute atomic E-state index is 14.0. The number of carbonyl (C=O) groups is 3. The van der Waals surface area contributed by atoms with E-state index in [0.717, 1.165) is 16.0 Å². The summed E-state index contributed by atoms with van der Waals surface area (Å²) >= 11 is 12.4. The van der Waals surface area contributed by atoms with Crippen LogP contribution in [0.4, 0.5) is 11.4 Å². The zero-order valence-corrected chi connectivity index (χ0v) is 20.5. The number of ketones is 1. The van der Waals surface area contributed by atoms with E-state index in [1.54, 1.807) is 17.2 Å². The Morgan fingerprint density at radius 2 is 1.68 bits per heavy atom. The van der Waals surface area contributed by atoms with Crippen LogP contribution in [0, 0.1) is 22.0 Å². The normalized spacial score (nSPS) is 23.6. The average Bonchev–Trinajstić information content (AvgIpc) is 3.36. The monoisotopic (exact) mass is 533 g/mol. The molecule has 2 amide bonds. The molecule has 37 heavy (non-hydrogen) atoms. The zero-order chi connectivity index (χ0) is 26.0. The molecule has 3 heterocycles. The number of nitro groups is 1. The number of nitro benzene ring substituents is 1. The quantitative estimate of drug-likeness (QED) is 0.195. The number of non-ortho nitro benzene ring substituents is 1. The van der Waals surface area contributed by atoms with E-state index in [2.05, 4.69) is 0 Å². The second-order valence-electron chi connectivity index (χ2n) is 9.11. The fraction of sp³-hybridized carbons (Fsp3) is 0.148. The van der Waals surface area contributed by atoms with Crippen LogP contribution in [-0.4, -0.2) is 33.5 Å². The number of anilines is 1. The Morgan fingerprint density at radius 3 is 2.43 bits per heavy atom. The third-order valence-electron chi connectivity index (χ3n) is 7.23. The molecule has 184 valence electrons. The van der Waals surface area contributed by atoms with Gasteiger partial charge in [-0.05, 0) is 41.5 Å². The Balaban J connectivity index is 1.50. The lowest BCUT2D eigenvalue weighted by atomic mass is 9.83. The van der Waals surface area contributed by atoms with Gasteiger partial charge >= 0.3 is 0 Å². The SMILES string of the molecule is O=C(c1ccc(Cl)cc1Cl)[C@@H]1[C@@H]2C(=O)N(c3cccc([N+](=O)[O-])c3)C(=O)[C@H]2[C@@H]2c3ccccc3C=CN12. The van der Waals surface area contributed by atoms with Crippen LogP contribution in [0.2, 0.25) is 10.0 Å². The molecule has 0 unspecified atom stereocenters. The van der Waals surface area contributed by atoms with E-state index in [-0.39, 0.29) is 22.0 Å². The van der Waals surface area contributed by atoms with Crippen LogP contribution < -0.4 is 4.90 Å². The second kappa shape index (κ2) is 8.54. The van der Waals surface area contributed by atoms with Crippen LogP contribution in [0.1, 0.15) is 27.5 Å². The highest BCUT2D eigenvalue weighted by molar-refractivity contribution is 6.37. The molecule has 6 rings (SSSR count). The molecule has 3 aromatic carbocycles. The van der Waals surface area contributed by atoms with Gasteiger partial charge < -0.3 is 4.90 Å². The number of nitrogens with zero attached hydrogens (tertiary/aromatic N) is 3. The van der Waals surface area contributed by atoms with Gasteiger partial charge in [0, 0.05) is 28.9 Å². The van der Waals surface area contributed by atoms with Gasteiger partial charge in [-0.3, -0.25) is 24.5 Å². The fourth-order valence-corrected chi connectivity index (χ4v) is 6.21. The Hall–Kier alpha value is -4.01. The Kier molecular flexibility index (Phi) is 5.40. The first-order chi connectivity index (χ1) is 17.8. The molecule has 0 radical (unpaired) electrons. The maximum atomic E-state index is 14.0. The Bertz CT molecular complexity index is 1550. The summed E-state index contributed by atoms with van der Waals surface area (Å²) in [5.41, 5.74) is 1.74. The van der Waals surface area contributed by atoms with E-state index in [4.69, 9.17) is 23.2 Å². The third-order valence-corrected chi connectivity index (χ3v) is 7.77. The smallest absolute Gasteiger partial charge is 0.271 e. The van der Waals surface area contributed by atoms with Crippen LogP contribution in [0.15, 0.2) is 72.9 Å². The van der Waals surface area contributed by atoms with E-state index in [1.165, 1.54) is 36.4 Å². The number of carbonyl (C=O) groups excluding carboxylic acids is 3. The molecule has 0 N–H and O–H groups in total. The van der Waals surface area contributed by atoms with Crippen molar-refractivity contribution in [3.05, 3.63) is 110 Å². The third kappa shape index (κ3) is 3.48. The lowest BCUT2D eigenvalue weighted by molar-refractivity contribution is -0.384. The van der Waals surface area contributed by atoms with Crippen molar-refractivity contribution in [3.8, 4) is 0 Å². The summed E-state index contributed by atoms with van der Waals surface area (Å²) < 4.78 is 0. The number of benzene rings is 3. The number of Topliss-reactive ketones (excluding diaryl/α,β-unsaturated/α-hetero) is 1. The van der Waals surface area contributed by atoms with Gasteiger partial charge in [-0.25, -0.2) is 4.90 Å². The summed E-state index contributed by atoms with van der Waals surface area (Å²) in [6, 6.07) is 15.8. The standard InChI is InChI=1S/C27H17Cl2N3O5/c28-15-8-9-19(20(29)12-15)25(33)24-22-21(23-18-7-2-1-4-14(18)10-11-30(23)24)26(34)31(27(22)35)16-5-3-6-17(13-16)32(36)37/h1-13,21-24H/t21-,22-,23+,24+/m1/s1. The summed E-state index contributed by atoms with van der Waals surface area (Å²) in [6.45, 7) is 0. The molecule has 2 fully saturated rings. The van der Waals surface area contributed by atoms with Crippen molar-refractivity contribution >= 4 is 58.3 Å². The summed E-state index contributed by atoms with van der Waals surface area (Å²) in [4.78, 5) is 55.2. The van der Waals surface area contributed by atoms with Gasteiger partial charge in [0.1, 0.15) is 6.04 Å². The van der Waals surface area contributed by atoms with Crippen LogP contribution >= 0.6 is 23.2 Å². The Morgan fingerprint density at radius 1 is 0.919 bits per heavy atom. The maximum Gasteiger partial charge on any atom is 0.271 e. The minimum absolute atomic E-state index is 0.0977. The molecule has 0 spiro atoms. The van der Waals surface area contributed by atoms with Crippen molar-refractivity contribution in [2.24, 2.45) is 11.8 Å². The van der Waals surface area contributed by atoms with E-state index in [9.17, 15) is 24.5 Å². The number of halogens is 2. The summed E-state index contributed by atoms with van der Waals surface area (Å²) in [7, 11) is 0. The highest BCUT2D eigenvalue weighted by atomic mass is 35.5. The van der Waals surface area contributed by atoms with Crippen LogP contribution in [0.25, 0.3) is 6.08 Å². The lowest BCUT2D eigenvalue weighted by Gasteiger charge is -2.35. The van der Waals surface area contributed by atoms with E-state index >= 15 is 0 Å². The summed E-state index contributed by atoms with van der Waals surface area (Å²) in [5, 5.41) is 11.8. The Labute approximate surface area is 220 Å². The summed E-state index contributed by atoms with van der Waals surface area (Å²) in [6.07, 6.45) is 3.60. The molecule has 4 atom stereocenters. The molecule has 0 bridgehead atoms. The summed E-state index contributed by atoms with van der Waals surface area (Å²) in [5.74, 6) is -3.40. The molecule has 10 heteroatoms. The highest BCUT2D eigenvalue weighted by Gasteiger charge is 2.64. The first kappa shape index (κ1) is 23.4. The van der Waals surface area contributed by atoms with Crippen LogP contribution in [-0.2, 0) is 9.59 Å². The number of hydrogen-bond acceptors (Lipinski definition) is 6. The van der Waals surface area contributed by atoms with Crippen molar-refractivity contribution in [1.29, 1.82) is 0 Å². The van der Waals surface area contributed by atoms with Crippen molar-refractivity contribution in [2.45, 2.75) is 12.1 Å². The first-order valence-electron chi connectivity index (χ1n) is 11.4. The predicted molar refractivity (Wildman–Crippen MR) is 137 cm³/mol. The van der Waals surface area contributed by atoms with E-state index in [0.29, 0.717) is 5.02 Å². The number of amides is 2. The minimum Gasteiger partial charge on any atom is -0.358 e. The molecule has 3 aliphatic rings. The lowest BCUT2D eigenvalue weighted by Crippen LogP contribution is -2.44. The van der Waals surface area contributed by atoms with Gasteiger partial charge in [0.05, 0.1) is 33.5 Å². The van der Waals surface area contributed by atoms with Crippen LogP contribution in [0.3, 0.4) is 0 Å². The number of fused-ring (bicyclic) bond motifs is 5. The van der Waals surface area contributed by atoms with Crippen molar-refractivity contribution in [1.82, 2.24) is 4.90 Å². The first-order valence-corrected chi connectivity index (χ1v) is 12.2. The minimum atomic E-state index is -1.02. The van der Waals surface area contributed by atoms with Gasteiger partial charge in [-0.1, -0.05) is 53.5 Å². The largest absolute Gasteiger partial charge is 0.358 e. The molecule has 0 aromatic heterocycles. The number of imide groups is 1.